The van der Waals surface area contributed by atoms with Crippen molar-refractivity contribution in [2.24, 2.45) is 0 Å². The van der Waals surface area contributed by atoms with E-state index in [0.717, 1.165) is 30.5 Å². The van der Waals surface area contributed by atoms with Gasteiger partial charge in [0.25, 0.3) is 10.1 Å². The highest BCUT2D eigenvalue weighted by Gasteiger charge is 2.21. The molecule has 0 aromatic heterocycles. The quantitative estimate of drug-likeness (QED) is 0.262. The molecule has 1 atom stereocenters. The van der Waals surface area contributed by atoms with E-state index in [1.165, 1.54) is 19.3 Å². The average Bonchev–Trinajstić information content (AvgIpc) is 2.46. The normalized spacial score (nSPS) is 14.8. The molecule has 23 heavy (non-hydrogen) atoms. The first-order chi connectivity index (χ1) is 10.8. The van der Waals surface area contributed by atoms with Crippen molar-refractivity contribution in [2.75, 3.05) is 58.9 Å². The molecule has 140 valence electrons. The summed E-state index contributed by atoms with van der Waals surface area (Å²) < 4.78 is 42.3. The van der Waals surface area contributed by atoms with Gasteiger partial charge in [-0.3, -0.25) is 4.55 Å². The van der Waals surface area contributed by atoms with Gasteiger partial charge in [-0.1, -0.05) is 19.8 Å². The van der Waals surface area contributed by atoms with E-state index in [0.29, 0.717) is 32.8 Å². The predicted molar refractivity (Wildman–Crippen MR) is 93.3 cm³/mol. The van der Waals surface area contributed by atoms with E-state index in [4.69, 9.17) is 14.0 Å². The van der Waals surface area contributed by atoms with Crippen LogP contribution in [0.4, 0.5) is 0 Å². The predicted octanol–water partition coefficient (Wildman–Crippen LogP) is 2.34. The van der Waals surface area contributed by atoms with Crippen molar-refractivity contribution < 1.29 is 26.9 Å². The lowest BCUT2D eigenvalue weighted by atomic mass is 10.2. The van der Waals surface area contributed by atoms with E-state index in [1.54, 1.807) is 0 Å². The van der Waals surface area contributed by atoms with E-state index in [2.05, 4.69) is 14.0 Å². The third kappa shape index (κ3) is 15.1. The van der Waals surface area contributed by atoms with Crippen LogP contribution >= 0.6 is 0 Å². The Balaban J connectivity index is 4.18. The number of quaternary nitrogens is 1. The fourth-order valence-electron chi connectivity index (χ4n) is 2.53. The van der Waals surface area contributed by atoms with Gasteiger partial charge in [-0.15, -0.1) is 0 Å². The summed E-state index contributed by atoms with van der Waals surface area (Å²) in [5.41, 5.74) is 0. The van der Waals surface area contributed by atoms with Crippen molar-refractivity contribution in [2.45, 2.75) is 46.0 Å². The molecule has 0 aromatic carbocycles. The van der Waals surface area contributed by atoms with Crippen molar-refractivity contribution in [3.05, 3.63) is 0 Å². The van der Waals surface area contributed by atoms with Crippen LogP contribution in [0.2, 0.25) is 0 Å². The van der Waals surface area contributed by atoms with Crippen LogP contribution in [0.3, 0.4) is 0 Å². The summed E-state index contributed by atoms with van der Waals surface area (Å²) in [5, 5.41) is 0. The summed E-state index contributed by atoms with van der Waals surface area (Å²) in [6.07, 6.45) is 5.24. The van der Waals surface area contributed by atoms with E-state index in [-0.39, 0.29) is 5.75 Å². The lowest BCUT2D eigenvalue weighted by Crippen LogP contribution is -2.48. The summed E-state index contributed by atoms with van der Waals surface area (Å²) >= 11 is 0. The molecule has 0 rings (SSSR count). The molecule has 0 aliphatic heterocycles. The fourth-order valence-corrected chi connectivity index (χ4v) is 3.03. The molecule has 0 bridgehead atoms. The Morgan fingerprint density at radius 3 is 2.13 bits per heavy atom. The van der Waals surface area contributed by atoms with E-state index in [9.17, 15) is 8.42 Å². The van der Waals surface area contributed by atoms with Crippen LogP contribution in [0.15, 0.2) is 0 Å². The molecule has 1 N–H and O–H groups in total. The zero-order valence-corrected chi connectivity index (χ0v) is 15.9. The van der Waals surface area contributed by atoms with Crippen molar-refractivity contribution in [3.63, 3.8) is 0 Å². The lowest BCUT2D eigenvalue weighted by molar-refractivity contribution is -0.910. The first-order valence-corrected chi connectivity index (χ1v) is 10.4. The molecule has 0 fully saturated rings. The van der Waals surface area contributed by atoms with E-state index in [1.807, 2.05) is 6.92 Å². The number of ether oxygens (including phenoxy) is 2. The Hall–Kier alpha value is -0.210. The summed E-state index contributed by atoms with van der Waals surface area (Å²) in [7, 11) is -1.73. The van der Waals surface area contributed by atoms with Gasteiger partial charge < -0.3 is 14.0 Å². The van der Waals surface area contributed by atoms with Crippen molar-refractivity contribution in [1.29, 1.82) is 0 Å². The first kappa shape index (κ1) is 22.8. The van der Waals surface area contributed by atoms with Gasteiger partial charge in [0.1, 0.15) is 6.54 Å². The third-order valence-electron chi connectivity index (χ3n) is 4.00. The highest BCUT2D eigenvalue weighted by atomic mass is 32.2. The van der Waals surface area contributed by atoms with Crippen LogP contribution in [-0.2, 0) is 19.6 Å². The molecule has 0 heterocycles. The highest BCUT2D eigenvalue weighted by Crippen LogP contribution is 2.10. The third-order valence-corrected chi connectivity index (χ3v) is 4.81. The van der Waals surface area contributed by atoms with Gasteiger partial charge in [0.2, 0.25) is 0 Å². The molecule has 6 nitrogen and oxygen atoms in total. The van der Waals surface area contributed by atoms with Crippen LogP contribution in [0, 0.1) is 0 Å². The topological polar surface area (TPSA) is 72.8 Å². The molecule has 0 aromatic rings. The number of rotatable bonds is 16. The molecule has 0 aliphatic rings. The summed E-state index contributed by atoms with van der Waals surface area (Å²) in [6.45, 7) is 9.29. The van der Waals surface area contributed by atoms with E-state index < -0.39 is 10.1 Å². The minimum absolute atomic E-state index is 0.166. The summed E-state index contributed by atoms with van der Waals surface area (Å²) in [6, 6.07) is 0. The molecule has 0 aliphatic carbocycles. The zero-order valence-electron chi connectivity index (χ0n) is 15.1. The Morgan fingerprint density at radius 1 is 0.870 bits per heavy atom. The lowest BCUT2D eigenvalue weighted by Gasteiger charge is -2.34. The summed E-state index contributed by atoms with van der Waals surface area (Å²) in [4.78, 5) is 0. The zero-order chi connectivity index (χ0) is 17.6. The molecule has 7 heteroatoms. The summed E-state index contributed by atoms with van der Waals surface area (Å²) in [5.74, 6) is -0.166. The largest absolute Gasteiger partial charge is 0.379 e. The average molecular weight is 355 g/mol. The second-order valence-corrected chi connectivity index (χ2v) is 7.87. The Bertz CT molecular complexity index is 375. The van der Waals surface area contributed by atoms with E-state index >= 15 is 0 Å². The van der Waals surface area contributed by atoms with Gasteiger partial charge in [-0.2, -0.15) is 8.42 Å². The Morgan fingerprint density at radius 2 is 1.52 bits per heavy atom. The molecule has 1 unspecified atom stereocenters. The number of hydrogen-bond donors (Lipinski definition) is 1. The van der Waals surface area contributed by atoms with Gasteiger partial charge in [-0.25, -0.2) is 0 Å². The van der Waals surface area contributed by atoms with Gasteiger partial charge >= 0.3 is 0 Å². The molecule has 0 spiro atoms. The fraction of sp³-hybridized carbons (Fsp3) is 1.00. The van der Waals surface area contributed by atoms with Crippen LogP contribution < -0.4 is 0 Å². The maximum Gasteiger partial charge on any atom is 0.265 e. The SMILES string of the molecule is CCCCCC[N+](C)(CCCS(=O)(=O)O)CCOCCOCC. The molecule has 0 saturated carbocycles. The maximum absolute atomic E-state index is 10.9. The van der Waals surface area contributed by atoms with Gasteiger partial charge in [0, 0.05) is 13.0 Å². The monoisotopic (exact) mass is 354 g/mol. The maximum atomic E-state index is 10.9. The standard InChI is InChI=1S/C16H35NO5S/c1-4-6-7-8-10-17(3,11-9-16-23(18,19)20)12-13-22-15-14-21-5-2/h4-16H2,1-3H3/p+1. The van der Waals surface area contributed by atoms with Gasteiger partial charge in [0.05, 0.1) is 45.7 Å². The van der Waals surface area contributed by atoms with Crippen LogP contribution in [0.5, 0.6) is 0 Å². The van der Waals surface area contributed by atoms with Crippen LogP contribution in [0.25, 0.3) is 0 Å². The molecule has 0 saturated heterocycles. The molecule has 0 radical (unpaired) electrons. The second kappa shape index (κ2) is 13.1. The number of hydrogen-bond acceptors (Lipinski definition) is 4. The molecule has 0 amide bonds. The number of likely N-dealkylation sites (N-methyl/N-ethyl adjacent to an activating group) is 1. The smallest absolute Gasteiger partial charge is 0.265 e. The second-order valence-electron chi connectivity index (χ2n) is 6.30. The van der Waals surface area contributed by atoms with Crippen molar-refractivity contribution in [3.8, 4) is 0 Å². The van der Waals surface area contributed by atoms with Crippen LogP contribution in [-0.4, -0.2) is 76.3 Å². The van der Waals surface area contributed by atoms with Crippen molar-refractivity contribution >= 4 is 10.1 Å². The molecular formula is C16H36NO5S+. The minimum atomic E-state index is -3.87. The number of nitrogens with zero attached hydrogens (tertiary/aromatic N) is 1. The minimum Gasteiger partial charge on any atom is -0.379 e. The van der Waals surface area contributed by atoms with Gasteiger partial charge in [-0.05, 0) is 19.8 Å². The Kier molecular flexibility index (Phi) is 13.0. The molecular weight excluding hydrogens is 318 g/mol. The Labute approximate surface area is 142 Å². The van der Waals surface area contributed by atoms with Gasteiger partial charge in [0.15, 0.2) is 0 Å². The highest BCUT2D eigenvalue weighted by molar-refractivity contribution is 7.85. The number of unbranched alkanes of at least 4 members (excludes halogenated alkanes) is 3. The van der Waals surface area contributed by atoms with Crippen LogP contribution in [0.1, 0.15) is 46.0 Å². The van der Waals surface area contributed by atoms with Crippen molar-refractivity contribution in [1.82, 2.24) is 0 Å². The first-order valence-electron chi connectivity index (χ1n) is 8.77.